The van der Waals surface area contributed by atoms with Crippen molar-refractivity contribution in [1.29, 1.82) is 0 Å². The van der Waals surface area contributed by atoms with Crippen LogP contribution in [-0.2, 0) is 16.6 Å². The van der Waals surface area contributed by atoms with E-state index in [4.69, 9.17) is 0 Å². The molecule has 0 unspecified atom stereocenters. The Labute approximate surface area is 120 Å². The molecule has 2 rings (SSSR count). The largest absolute Gasteiger partial charge is 0.390 e. The summed E-state index contributed by atoms with van der Waals surface area (Å²) < 4.78 is 28.5. The van der Waals surface area contributed by atoms with Crippen molar-refractivity contribution in [2.75, 3.05) is 13.1 Å². The van der Waals surface area contributed by atoms with Crippen LogP contribution in [0.15, 0.2) is 28.8 Å². The van der Waals surface area contributed by atoms with Crippen molar-refractivity contribution < 1.29 is 13.5 Å². The van der Waals surface area contributed by atoms with Crippen molar-refractivity contribution in [3.05, 3.63) is 29.6 Å². The molecule has 0 saturated carbocycles. The van der Waals surface area contributed by atoms with Gasteiger partial charge in [0.25, 0.3) is 0 Å². The molecule has 1 aliphatic heterocycles. The van der Waals surface area contributed by atoms with Crippen LogP contribution in [0.3, 0.4) is 0 Å². The van der Waals surface area contributed by atoms with E-state index in [1.54, 1.807) is 16.8 Å². The van der Waals surface area contributed by atoms with E-state index in [9.17, 15) is 13.5 Å². The zero-order chi connectivity index (χ0) is 14.9. The van der Waals surface area contributed by atoms with Crippen LogP contribution < -0.4 is 0 Å². The topological polar surface area (TPSA) is 62.5 Å². The molecule has 1 N–H and O–H groups in total. The van der Waals surface area contributed by atoms with Crippen LogP contribution >= 0.6 is 0 Å². The van der Waals surface area contributed by atoms with Crippen LogP contribution in [0.1, 0.15) is 38.9 Å². The lowest BCUT2D eigenvalue weighted by molar-refractivity contribution is 0.268. The predicted molar refractivity (Wildman–Crippen MR) is 77.9 cm³/mol. The first kappa shape index (κ1) is 15.3. The monoisotopic (exact) mass is 298 g/mol. The summed E-state index contributed by atoms with van der Waals surface area (Å²) in [6.07, 6.45) is 4.35. The van der Waals surface area contributed by atoms with Crippen LogP contribution in [0, 0.1) is 0 Å². The summed E-state index contributed by atoms with van der Waals surface area (Å²) in [6, 6.07) is 1.69. The number of hydrogen-bond acceptors (Lipinski definition) is 3. The highest BCUT2D eigenvalue weighted by Gasteiger charge is 2.27. The second-order valence-electron chi connectivity index (χ2n) is 5.49. The fraction of sp³-hybridized carbons (Fsp3) is 0.571. The molecule has 0 aliphatic carbocycles. The van der Waals surface area contributed by atoms with Crippen molar-refractivity contribution in [2.24, 2.45) is 0 Å². The maximum absolute atomic E-state index is 12.6. The molecule has 6 heteroatoms. The van der Waals surface area contributed by atoms with Crippen molar-refractivity contribution in [2.45, 2.75) is 44.7 Å². The highest BCUT2D eigenvalue weighted by Crippen LogP contribution is 2.24. The zero-order valence-corrected chi connectivity index (χ0v) is 13.0. The molecule has 0 bridgehead atoms. The molecular weight excluding hydrogens is 276 g/mol. The normalized spacial score (nSPS) is 17.6. The fourth-order valence-electron chi connectivity index (χ4n) is 2.36. The second kappa shape index (κ2) is 5.71. The van der Waals surface area contributed by atoms with Gasteiger partial charge in [-0.3, -0.25) is 0 Å². The van der Waals surface area contributed by atoms with Gasteiger partial charge in [-0.25, -0.2) is 8.42 Å². The minimum atomic E-state index is -3.47. The predicted octanol–water partition coefficient (Wildman–Crippen LogP) is 1.90. The molecule has 0 amide bonds. The summed E-state index contributed by atoms with van der Waals surface area (Å²) in [5, 5.41) is 9.35. The number of sulfonamides is 1. The summed E-state index contributed by atoms with van der Waals surface area (Å²) >= 11 is 0. The van der Waals surface area contributed by atoms with Crippen LogP contribution in [0.5, 0.6) is 0 Å². The number of hydrogen-bond donors (Lipinski definition) is 1. The minimum absolute atomic E-state index is 0.115. The second-order valence-corrected chi connectivity index (χ2v) is 7.43. The summed E-state index contributed by atoms with van der Waals surface area (Å²) in [6.45, 7) is 6.72. The molecule has 1 aromatic heterocycles. The SMILES string of the molecule is CC1=CCN(S(=O)(=O)c2cc(CO)n(C(C)C)c2)CC1. The highest BCUT2D eigenvalue weighted by atomic mass is 32.2. The van der Waals surface area contributed by atoms with E-state index in [1.807, 2.05) is 26.8 Å². The highest BCUT2D eigenvalue weighted by molar-refractivity contribution is 7.89. The Balaban J connectivity index is 2.35. The Morgan fingerprint density at radius 3 is 2.55 bits per heavy atom. The molecule has 5 nitrogen and oxygen atoms in total. The van der Waals surface area contributed by atoms with Gasteiger partial charge in [-0.05, 0) is 33.3 Å². The summed E-state index contributed by atoms with van der Waals surface area (Å²) in [5.41, 5.74) is 1.86. The van der Waals surface area contributed by atoms with Gasteiger partial charge in [0.05, 0.1) is 6.61 Å². The third kappa shape index (κ3) is 2.82. The lowest BCUT2D eigenvalue weighted by Crippen LogP contribution is -2.34. The lowest BCUT2D eigenvalue weighted by Gasteiger charge is -2.24. The maximum Gasteiger partial charge on any atom is 0.244 e. The van der Waals surface area contributed by atoms with Crippen LogP contribution in [0.25, 0.3) is 0 Å². The van der Waals surface area contributed by atoms with E-state index >= 15 is 0 Å². The van der Waals surface area contributed by atoms with Gasteiger partial charge >= 0.3 is 0 Å². The van der Waals surface area contributed by atoms with E-state index in [1.165, 1.54) is 9.88 Å². The molecule has 0 spiro atoms. The molecule has 112 valence electrons. The summed E-state index contributed by atoms with van der Waals surface area (Å²) in [7, 11) is -3.47. The molecular formula is C14H22N2O3S. The van der Waals surface area contributed by atoms with Gasteiger partial charge in [0, 0.05) is 31.0 Å². The van der Waals surface area contributed by atoms with E-state index in [0.717, 1.165) is 6.42 Å². The van der Waals surface area contributed by atoms with Gasteiger partial charge in [0.15, 0.2) is 0 Å². The van der Waals surface area contributed by atoms with Crippen molar-refractivity contribution >= 4 is 10.0 Å². The molecule has 0 aromatic carbocycles. The minimum Gasteiger partial charge on any atom is -0.390 e. The zero-order valence-electron chi connectivity index (χ0n) is 12.2. The van der Waals surface area contributed by atoms with Gasteiger partial charge in [-0.2, -0.15) is 4.31 Å². The third-order valence-electron chi connectivity index (χ3n) is 3.66. The Morgan fingerprint density at radius 2 is 2.10 bits per heavy atom. The number of rotatable bonds is 4. The van der Waals surface area contributed by atoms with E-state index in [2.05, 4.69) is 0 Å². The lowest BCUT2D eigenvalue weighted by atomic mass is 10.1. The molecule has 20 heavy (non-hydrogen) atoms. The number of aliphatic hydroxyl groups is 1. The van der Waals surface area contributed by atoms with Crippen molar-refractivity contribution in [3.63, 3.8) is 0 Å². The average molecular weight is 298 g/mol. The molecule has 0 saturated heterocycles. The average Bonchev–Trinajstić information content (AvgIpc) is 2.84. The Kier molecular flexibility index (Phi) is 4.36. The first-order valence-electron chi connectivity index (χ1n) is 6.83. The van der Waals surface area contributed by atoms with E-state index in [0.29, 0.717) is 18.8 Å². The molecule has 1 aliphatic rings. The molecule has 0 atom stereocenters. The van der Waals surface area contributed by atoms with Gasteiger partial charge in [0.1, 0.15) is 4.90 Å². The van der Waals surface area contributed by atoms with Crippen molar-refractivity contribution in [1.82, 2.24) is 8.87 Å². The first-order valence-corrected chi connectivity index (χ1v) is 8.27. The summed E-state index contributed by atoms with van der Waals surface area (Å²) in [4.78, 5) is 0.267. The Bertz CT molecular complexity index is 614. The van der Waals surface area contributed by atoms with E-state index < -0.39 is 10.0 Å². The van der Waals surface area contributed by atoms with Crippen LogP contribution in [-0.4, -0.2) is 35.5 Å². The Morgan fingerprint density at radius 1 is 1.40 bits per heavy atom. The van der Waals surface area contributed by atoms with Gasteiger partial charge in [0.2, 0.25) is 10.0 Å². The maximum atomic E-state index is 12.6. The Hall–Kier alpha value is -1.11. The number of aromatic nitrogens is 1. The molecule has 2 heterocycles. The smallest absolute Gasteiger partial charge is 0.244 e. The number of nitrogens with zero attached hydrogens (tertiary/aromatic N) is 2. The summed E-state index contributed by atoms with van der Waals surface area (Å²) in [5.74, 6) is 0. The first-order chi connectivity index (χ1) is 9.36. The standard InChI is InChI=1S/C14H22N2O3S/c1-11(2)16-9-14(8-13(16)10-17)20(18,19)15-6-4-12(3)5-7-15/h4,8-9,11,17H,5-7,10H2,1-3H3. The van der Waals surface area contributed by atoms with Gasteiger partial charge in [-0.15, -0.1) is 0 Å². The third-order valence-corrected chi connectivity index (χ3v) is 5.49. The fourth-order valence-corrected chi connectivity index (χ4v) is 3.80. The molecule has 0 fully saturated rings. The van der Waals surface area contributed by atoms with Crippen LogP contribution in [0.2, 0.25) is 0 Å². The number of aliphatic hydroxyl groups excluding tert-OH is 1. The van der Waals surface area contributed by atoms with Gasteiger partial charge in [-0.1, -0.05) is 11.6 Å². The van der Waals surface area contributed by atoms with Crippen LogP contribution in [0.4, 0.5) is 0 Å². The van der Waals surface area contributed by atoms with Crippen molar-refractivity contribution in [3.8, 4) is 0 Å². The quantitative estimate of drug-likeness (QED) is 0.864. The molecule has 0 radical (unpaired) electrons. The molecule has 1 aromatic rings. The van der Waals surface area contributed by atoms with E-state index in [-0.39, 0.29) is 17.5 Å². The van der Waals surface area contributed by atoms with Gasteiger partial charge < -0.3 is 9.67 Å².